The summed E-state index contributed by atoms with van der Waals surface area (Å²) in [5.41, 5.74) is 3.89. The van der Waals surface area contributed by atoms with Crippen LogP contribution in [-0.2, 0) is 13.8 Å². The van der Waals surface area contributed by atoms with Gasteiger partial charge in [0.2, 0.25) is 11.8 Å². The van der Waals surface area contributed by atoms with E-state index in [-0.39, 0.29) is 23.0 Å². The second-order valence-corrected chi connectivity index (χ2v) is 7.10. The van der Waals surface area contributed by atoms with Gasteiger partial charge in [-0.3, -0.25) is 9.09 Å². The summed E-state index contributed by atoms with van der Waals surface area (Å²) in [6.07, 6.45) is -3.51. The molecule has 0 bridgehead atoms. The number of phosphoric ester groups is 1. The molecule has 0 saturated carbocycles. The van der Waals surface area contributed by atoms with Crippen molar-refractivity contribution in [3.8, 4) is 5.88 Å². The third kappa shape index (κ3) is 3.24. The minimum atomic E-state index is -4.82. The van der Waals surface area contributed by atoms with E-state index in [0.717, 1.165) is 0 Å². The number of methoxy groups -OCH3 is 1. The molecule has 3 heterocycles. The van der Waals surface area contributed by atoms with Crippen molar-refractivity contribution in [3.05, 3.63) is 6.33 Å². The highest BCUT2D eigenvalue weighted by atomic mass is 31.2. The standard InChI is InChI=1S/C12H17FN5O7P/c1-12(19)7(13)5(3-24-26(20,21)22)25-10(12)18-4-15-6-8(18)16-11(14)17-9(6)23-2/h4-5,7,10,19H,3H2,1-2H3,(H2,14,16,17)(H2,20,21,22)/t5-,7-,10?,12-/m1/s1. The molecule has 1 aliphatic heterocycles. The van der Waals surface area contributed by atoms with Gasteiger partial charge >= 0.3 is 7.82 Å². The molecule has 14 heteroatoms. The van der Waals surface area contributed by atoms with Crippen LogP contribution in [0.5, 0.6) is 5.88 Å². The predicted octanol–water partition coefficient (Wildman–Crippen LogP) is -0.487. The van der Waals surface area contributed by atoms with Gasteiger partial charge in [-0.2, -0.15) is 9.97 Å². The van der Waals surface area contributed by atoms with Gasteiger partial charge in [-0.05, 0) is 6.92 Å². The fourth-order valence-electron chi connectivity index (χ4n) is 2.75. The number of anilines is 1. The normalized spacial score (nSPS) is 29.4. The topological polar surface area (TPSA) is 175 Å². The van der Waals surface area contributed by atoms with E-state index >= 15 is 0 Å². The van der Waals surface area contributed by atoms with E-state index in [1.165, 1.54) is 24.9 Å². The summed E-state index contributed by atoms with van der Waals surface area (Å²) < 4.78 is 41.4. The maximum absolute atomic E-state index is 14.6. The summed E-state index contributed by atoms with van der Waals surface area (Å²) in [6, 6.07) is 0. The van der Waals surface area contributed by atoms with Crippen molar-refractivity contribution in [2.24, 2.45) is 0 Å². The number of nitrogens with zero attached hydrogens (tertiary/aromatic N) is 4. The molecule has 144 valence electrons. The number of hydrogen-bond donors (Lipinski definition) is 4. The first kappa shape index (κ1) is 18.9. The molecule has 0 spiro atoms. The quantitative estimate of drug-likeness (QED) is 0.482. The lowest BCUT2D eigenvalue weighted by Gasteiger charge is -2.26. The molecule has 2 aromatic rings. The number of nitrogen functional groups attached to an aromatic ring is 1. The van der Waals surface area contributed by atoms with Gasteiger partial charge < -0.3 is 30.1 Å². The highest BCUT2D eigenvalue weighted by molar-refractivity contribution is 7.46. The Labute approximate surface area is 146 Å². The second-order valence-electron chi connectivity index (χ2n) is 5.86. The molecule has 1 fully saturated rings. The van der Waals surface area contributed by atoms with Crippen molar-refractivity contribution in [1.29, 1.82) is 0 Å². The van der Waals surface area contributed by atoms with Crippen molar-refractivity contribution in [2.75, 3.05) is 19.5 Å². The van der Waals surface area contributed by atoms with Crippen molar-refractivity contribution in [1.82, 2.24) is 19.5 Å². The molecule has 0 radical (unpaired) electrons. The van der Waals surface area contributed by atoms with Crippen LogP contribution in [0.25, 0.3) is 11.2 Å². The zero-order valence-corrected chi connectivity index (χ0v) is 14.6. The Morgan fingerprint density at radius 2 is 2.19 bits per heavy atom. The van der Waals surface area contributed by atoms with E-state index in [2.05, 4.69) is 19.5 Å². The summed E-state index contributed by atoms with van der Waals surface area (Å²) in [4.78, 5) is 29.5. The first-order valence-electron chi connectivity index (χ1n) is 7.30. The molecule has 12 nitrogen and oxygen atoms in total. The Morgan fingerprint density at radius 3 is 2.81 bits per heavy atom. The molecular formula is C12H17FN5O7P. The van der Waals surface area contributed by atoms with Crippen LogP contribution in [0.3, 0.4) is 0 Å². The van der Waals surface area contributed by atoms with Crippen LogP contribution in [-0.4, -0.2) is 66.0 Å². The summed E-state index contributed by atoms with van der Waals surface area (Å²) in [7, 11) is -3.47. The van der Waals surface area contributed by atoms with Crippen LogP contribution < -0.4 is 10.5 Å². The van der Waals surface area contributed by atoms with Crippen LogP contribution >= 0.6 is 7.82 Å². The van der Waals surface area contributed by atoms with Gasteiger partial charge in [-0.1, -0.05) is 0 Å². The van der Waals surface area contributed by atoms with Crippen molar-refractivity contribution in [2.45, 2.75) is 31.0 Å². The van der Waals surface area contributed by atoms with Crippen LogP contribution in [0, 0.1) is 0 Å². The molecule has 0 amide bonds. The van der Waals surface area contributed by atoms with Crippen molar-refractivity contribution in [3.63, 3.8) is 0 Å². The zero-order valence-electron chi connectivity index (χ0n) is 13.7. The Balaban J connectivity index is 1.97. The number of aromatic nitrogens is 4. The summed E-state index contributed by atoms with van der Waals surface area (Å²) in [5, 5.41) is 10.5. The van der Waals surface area contributed by atoms with E-state index in [9.17, 15) is 14.1 Å². The van der Waals surface area contributed by atoms with Gasteiger partial charge in [-0.15, -0.1) is 0 Å². The monoisotopic (exact) mass is 393 g/mol. The average molecular weight is 393 g/mol. The third-order valence-electron chi connectivity index (χ3n) is 3.95. The Morgan fingerprint density at radius 1 is 1.50 bits per heavy atom. The Kier molecular flexibility index (Phi) is 4.63. The average Bonchev–Trinajstić information content (AvgIpc) is 3.04. The molecule has 5 N–H and O–H groups in total. The third-order valence-corrected chi connectivity index (χ3v) is 4.43. The maximum Gasteiger partial charge on any atom is 0.469 e. The van der Waals surface area contributed by atoms with Crippen molar-refractivity contribution >= 4 is 24.9 Å². The van der Waals surface area contributed by atoms with E-state index in [0.29, 0.717) is 0 Å². The van der Waals surface area contributed by atoms with Gasteiger partial charge in [0.1, 0.15) is 11.7 Å². The maximum atomic E-state index is 14.6. The number of aliphatic hydroxyl groups is 1. The molecule has 4 atom stereocenters. The highest BCUT2D eigenvalue weighted by Gasteiger charge is 2.55. The lowest BCUT2D eigenvalue weighted by atomic mass is 9.98. The number of ether oxygens (including phenoxy) is 2. The van der Waals surface area contributed by atoms with E-state index in [1.54, 1.807) is 0 Å². The number of fused-ring (bicyclic) bond motifs is 1. The van der Waals surface area contributed by atoms with Gasteiger partial charge in [-0.25, -0.2) is 13.9 Å². The summed E-state index contributed by atoms with van der Waals surface area (Å²) in [5.74, 6) is -0.0472. The highest BCUT2D eigenvalue weighted by Crippen LogP contribution is 2.44. The van der Waals surface area contributed by atoms with E-state index in [4.69, 9.17) is 25.0 Å². The van der Waals surface area contributed by atoms with E-state index < -0.39 is 38.5 Å². The number of halogens is 1. The van der Waals surface area contributed by atoms with E-state index in [1.807, 2.05) is 0 Å². The fourth-order valence-corrected chi connectivity index (χ4v) is 3.09. The number of imidazole rings is 1. The molecule has 3 rings (SSSR count). The second kappa shape index (κ2) is 6.37. The van der Waals surface area contributed by atoms with Gasteiger partial charge in [0.15, 0.2) is 23.6 Å². The Bertz CT molecular complexity index is 871. The molecule has 1 unspecified atom stereocenters. The first-order valence-corrected chi connectivity index (χ1v) is 8.83. The SMILES string of the molecule is COc1nc(N)nc2c1ncn2C1O[C@H](COP(=O)(O)O)[C@@H](F)[C@@]1(C)O. The molecule has 1 aliphatic rings. The summed E-state index contributed by atoms with van der Waals surface area (Å²) >= 11 is 0. The lowest BCUT2D eigenvalue weighted by Crippen LogP contribution is -2.41. The number of phosphoric acid groups is 1. The molecule has 26 heavy (non-hydrogen) atoms. The van der Waals surface area contributed by atoms with Crippen LogP contribution in [0.2, 0.25) is 0 Å². The smallest absolute Gasteiger partial charge is 0.469 e. The number of alkyl halides is 1. The molecule has 1 saturated heterocycles. The molecule has 2 aromatic heterocycles. The largest absolute Gasteiger partial charge is 0.479 e. The number of rotatable bonds is 5. The van der Waals surface area contributed by atoms with Gasteiger partial charge in [0, 0.05) is 0 Å². The van der Waals surface area contributed by atoms with Gasteiger partial charge in [0.25, 0.3) is 0 Å². The molecular weight excluding hydrogens is 376 g/mol. The number of hydrogen-bond acceptors (Lipinski definition) is 9. The summed E-state index contributed by atoms with van der Waals surface area (Å²) in [6.45, 7) is 0.415. The lowest BCUT2D eigenvalue weighted by molar-refractivity contribution is -0.0889. The zero-order chi connectivity index (χ0) is 19.3. The fraction of sp³-hybridized carbons (Fsp3) is 0.583. The first-order chi connectivity index (χ1) is 12.0. The predicted molar refractivity (Wildman–Crippen MR) is 83.7 cm³/mol. The minimum Gasteiger partial charge on any atom is -0.479 e. The van der Waals surface area contributed by atoms with Crippen LogP contribution in [0.15, 0.2) is 6.33 Å². The molecule has 0 aliphatic carbocycles. The van der Waals surface area contributed by atoms with Crippen molar-refractivity contribution < 1.29 is 37.8 Å². The molecule has 0 aromatic carbocycles. The van der Waals surface area contributed by atoms with Crippen LogP contribution in [0.1, 0.15) is 13.2 Å². The van der Waals surface area contributed by atoms with Crippen LogP contribution in [0.4, 0.5) is 10.3 Å². The number of nitrogens with two attached hydrogens (primary N) is 1. The Hall–Kier alpha value is -1.89. The van der Waals surface area contributed by atoms with Gasteiger partial charge in [0.05, 0.1) is 20.0 Å². The minimum absolute atomic E-state index is 0.0853.